The van der Waals surface area contributed by atoms with Gasteiger partial charge >= 0.3 is 0 Å². The van der Waals surface area contributed by atoms with Gasteiger partial charge < -0.3 is 49.6 Å². The second-order valence-corrected chi connectivity index (χ2v) is 10.3. The standard InChI is InChI=1S/C24H40O11/c1-11-5-8-16(26)24(3,4)13(11)7-6-12(2)33-23-21(31)19(29)18(28)15(35-23)10-32-22-20(30)17(27)14(9-25)34-22/h12,14-15,17-23,25,27-31H,5-10H2,1-4H3/t12-,14-,15+,17+,18-,19-,20+,21+,22+,23+/m0/s1. The summed E-state index contributed by atoms with van der Waals surface area (Å²) in [6.07, 6.45) is -9.89. The number of rotatable bonds is 9. The van der Waals surface area contributed by atoms with Crippen LogP contribution >= 0.6 is 0 Å². The monoisotopic (exact) mass is 504 g/mol. The molecule has 0 bridgehead atoms. The quantitative estimate of drug-likeness (QED) is 0.216. The molecule has 0 aromatic rings. The molecule has 0 spiro atoms. The van der Waals surface area contributed by atoms with Crippen LogP contribution in [0.4, 0.5) is 0 Å². The van der Waals surface area contributed by atoms with Crippen molar-refractivity contribution in [1.29, 1.82) is 0 Å². The molecular formula is C24H40O11. The zero-order valence-electron chi connectivity index (χ0n) is 20.7. The van der Waals surface area contributed by atoms with Crippen molar-refractivity contribution >= 4 is 5.78 Å². The maximum absolute atomic E-state index is 12.4. The van der Waals surface area contributed by atoms with E-state index in [1.54, 1.807) is 6.92 Å². The second kappa shape index (κ2) is 11.6. The molecule has 0 radical (unpaired) electrons. The minimum absolute atomic E-state index is 0.215. The Kier molecular flexibility index (Phi) is 9.47. The van der Waals surface area contributed by atoms with Crippen LogP contribution in [0.2, 0.25) is 0 Å². The molecule has 2 fully saturated rings. The third-order valence-electron chi connectivity index (χ3n) is 7.45. The van der Waals surface area contributed by atoms with Crippen molar-refractivity contribution in [3.05, 3.63) is 11.1 Å². The number of Topliss-reactive ketones (excluding diaryl/α,β-unsaturated/α-hetero) is 1. The summed E-state index contributed by atoms with van der Waals surface area (Å²) < 4.78 is 22.2. The Bertz CT molecular complexity index is 769. The van der Waals surface area contributed by atoms with Gasteiger partial charge in [0.1, 0.15) is 48.5 Å². The van der Waals surface area contributed by atoms with Gasteiger partial charge in [0.05, 0.1) is 19.3 Å². The van der Waals surface area contributed by atoms with Crippen LogP contribution in [0.25, 0.3) is 0 Å². The molecule has 3 aliphatic rings. The van der Waals surface area contributed by atoms with Crippen molar-refractivity contribution in [3.8, 4) is 0 Å². The molecule has 2 aliphatic heterocycles. The van der Waals surface area contributed by atoms with E-state index in [-0.39, 0.29) is 12.4 Å². The van der Waals surface area contributed by atoms with E-state index in [0.717, 1.165) is 12.0 Å². The first-order chi connectivity index (χ1) is 16.4. The zero-order chi connectivity index (χ0) is 26.1. The van der Waals surface area contributed by atoms with Gasteiger partial charge in [0.2, 0.25) is 0 Å². The summed E-state index contributed by atoms with van der Waals surface area (Å²) in [4.78, 5) is 12.4. The van der Waals surface area contributed by atoms with E-state index in [9.17, 15) is 35.4 Å². The van der Waals surface area contributed by atoms with Crippen molar-refractivity contribution in [1.82, 2.24) is 0 Å². The smallest absolute Gasteiger partial charge is 0.186 e. The largest absolute Gasteiger partial charge is 0.394 e. The molecule has 6 N–H and O–H groups in total. The van der Waals surface area contributed by atoms with E-state index in [4.69, 9.17) is 18.9 Å². The van der Waals surface area contributed by atoms with Gasteiger partial charge in [0, 0.05) is 11.8 Å². The van der Waals surface area contributed by atoms with Crippen LogP contribution in [0, 0.1) is 5.41 Å². The number of ether oxygens (including phenoxy) is 4. The first-order valence-corrected chi connectivity index (χ1v) is 12.2. The lowest BCUT2D eigenvalue weighted by molar-refractivity contribution is -0.318. The van der Waals surface area contributed by atoms with Gasteiger partial charge in [-0.05, 0) is 47.0 Å². The molecular weight excluding hydrogens is 464 g/mol. The van der Waals surface area contributed by atoms with Crippen molar-refractivity contribution in [2.75, 3.05) is 13.2 Å². The average Bonchev–Trinajstić information content (AvgIpc) is 3.09. The Morgan fingerprint density at radius 3 is 2.17 bits per heavy atom. The van der Waals surface area contributed by atoms with Gasteiger partial charge in [-0.3, -0.25) is 4.79 Å². The van der Waals surface area contributed by atoms with Gasteiger partial charge in [-0.15, -0.1) is 0 Å². The molecule has 0 saturated carbocycles. The number of aliphatic hydroxyl groups is 6. The maximum atomic E-state index is 12.4. The summed E-state index contributed by atoms with van der Waals surface area (Å²) >= 11 is 0. The lowest BCUT2D eigenvalue weighted by atomic mass is 9.70. The molecule has 2 heterocycles. The number of hydrogen-bond donors (Lipinski definition) is 6. The number of carbonyl (C=O) groups excluding carboxylic acids is 1. The highest BCUT2D eigenvalue weighted by molar-refractivity contribution is 5.88. The molecule has 0 amide bonds. The highest BCUT2D eigenvalue weighted by Crippen LogP contribution is 2.40. The van der Waals surface area contributed by atoms with Crippen LogP contribution in [0.5, 0.6) is 0 Å². The number of hydrogen-bond acceptors (Lipinski definition) is 11. The van der Waals surface area contributed by atoms with Crippen LogP contribution in [-0.4, -0.2) is 111 Å². The molecule has 0 unspecified atom stereocenters. The molecule has 35 heavy (non-hydrogen) atoms. The summed E-state index contributed by atoms with van der Waals surface area (Å²) in [5, 5.41) is 60.1. The summed E-state index contributed by atoms with van der Waals surface area (Å²) in [5.41, 5.74) is 1.77. The van der Waals surface area contributed by atoms with Crippen molar-refractivity contribution in [2.45, 2.75) is 115 Å². The van der Waals surface area contributed by atoms with Crippen LogP contribution in [0.15, 0.2) is 11.1 Å². The van der Waals surface area contributed by atoms with Gasteiger partial charge in [-0.1, -0.05) is 11.1 Å². The third kappa shape index (κ3) is 6.12. The van der Waals surface area contributed by atoms with Gasteiger partial charge in [-0.25, -0.2) is 0 Å². The van der Waals surface area contributed by atoms with Crippen LogP contribution in [-0.2, 0) is 23.7 Å². The fourth-order valence-electron chi connectivity index (χ4n) is 5.00. The molecule has 10 atom stereocenters. The molecule has 11 nitrogen and oxygen atoms in total. The molecule has 1 aliphatic carbocycles. The van der Waals surface area contributed by atoms with Crippen LogP contribution in [0.1, 0.15) is 53.4 Å². The fraction of sp³-hybridized carbons (Fsp3) is 0.875. The normalized spacial score (nSPS) is 40.9. The summed E-state index contributed by atoms with van der Waals surface area (Å²) in [5.74, 6) is 0.215. The molecule has 0 aromatic carbocycles. The number of aliphatic hydroxyl groups excluding tert-OH is 6. The van der Waals surface area contributed by atoms with Gasteiger partial charge in [0.15, 0.2) is 12.6 Å². The second-order valence-electron chi connectivity index (χ2n) is 10.3. The minimum Gasteiger partial charge on any atom is -0.394 e. The molecule has 11 heteroatoms. The summed E-state index contributed by atoms with van der Waals surface area (Å²) in [6, 6.07) is 0. The molecule has 3 rings (SSSR count). The first-order valence-electron chi connectivity index (χ1n) is 12.2. The highest BCUT2D eigenvalue weighted by atomic mass is 16.7. The lowest BCUT2D eigenvalue weighted by Gasteiger charge is -2.41. The molecule has 2 saturated heterocycles. The first kappa shape index (κ1) is 28.6. The van der Waals surface area contributed by atoms with E-state index in [1.165, 1.54) is 5.57 Å². The Labute approximate surface area is 205 Å². The molecule has 0 aromatic heterocycles. The Hall–Kier alpha value is -0.990. The van der Waals surface area contributed by atoms with Crippen LogP contribution < -0.4 is 0 Å². The number of ketones is 1. The molecule has 202 valence electrons. The minimum atomic E-state index is -1.57. The Morgan fingerprint density at radius 2 is 1.54 bits per heavy atom. The topological polar surface area (TPSA) is 175 Å². The zero-order valence-corrected chi connectivity index (χ0v) is 20.7. The Morgan fingerprint density at radius 1 is 0.943 bits per heavy atom. The van der Waals surface area contributed by atoms with E-state index in [0.29, 0.717) is 19.3 Å². The van der Waals surface area contributed by atoms with E-state index in [1.807, 2.05) is 20.8 Å². The van der Waals surface area contributed by atoms with Gasteiger partial charge in [-0.2, -0.15) is 0 Å². The SMILES string of the molecule is CC1=C(CC[C@H](C)O[C@@H]2O[C@H](CO[C@@H]3O[C@@H](CO)[C@@H](O)[C@H]3O)[C@H](O)[C@H](O)[C@H]2O)C(C)(C)C(=O)CC1. The fourth-order valence-corrected chi connectivity index (χ4v) is 5.00. The summed E-state index contributed by atoms with van der Waals surface area (Å²) in [7, 11) is 0. The van der Waals surface area contributed by atoms with E-state index >= 15 is 0 Å². The predicted molar refractivity (Wildman–Crippen MR) is 121 cm³/mol. The van der Waals surface area contributed by atoms with E-state index in [2.05, 4.69) is 0 Å². The van der Waals surface area contributed by atoms with Crippen molar-refractivity contribution < 1.29 is 54.4 Å². The maximum Gasteiger partial charge on any atom is 0.186 e. The van der Waals surface area contributed by atoms with E-state index < -0.39 is 73.4 Å². The Balaban J connectivity index is 1.56. The predicted octanol–water partition coefficient (Wildman–Crippen LogP) is -0.859. The number of allylic oxidation sites excluding steroid dienone is 2. The summed E-state index contributed by atoms with van der Waals surface area (Å²) in [6.45, 7) is 6.85. The van der Waals surface area contributed by atoms with Gasteiger partial charge in [0.25, 0.3) is 0 Å². The van der Waals surface area contributed by atoms with Crippen molar-refractivity contribution in [2.24, 2.45) is 5.41 Å². The van der Waals surface area contributed by atoms with Crippen molar-refractivity contribution in [3.63, 3.8) is 0 Å². The highest BCUT2D eigenvalue weighted by Gasteiger charge is 2.47. The number of carbonyl (C=O) groups is 1. The third-order valence-corrected chi connectivity index (χ3v) is 7.45. The average molecular weight is 505 g/mol. The lowest BCUT2D eigenvalue weighted by Crippen LogP contribution is -2.60. The van der Waals surface area contributed by atoms with Crippen LogP contribution in [0.3, 0.4) is 0 Å².